The van der Waals surface area contributed by atoms with E-state index < -0.39 is 70.4 Å². The predicted octanol–water partition coefficient (Wildman–Crippen LogP) is 2.90. The van der Waals surface area contributed by atoms with Gasteiger partial charge in [0.1, 0.15) is 29.5 Å². The Bertz CT molecular complexity index is 1490. The monoisotopic (exact) mass is 531 g/mol. The summed E-state index contributed by atoms with van der Waals surface area (Å²) in [5, 5.41) is 3.78. The molecule has 0 radical (unpaired) electrons. The van der Waals surface area contributed by atoms with Gasteiger partial charge in [0.05, 0.1) is 17.5 Å². The molecule has 2 atom stereocenters. The molecule has 0 bridgehead atoms. The highest BCUT2D eigenvalue weighted by Gasteiger charge is 2.63. The molecule has 2 aromatic carbocycles. The maximum atomic E-state index is 15.1. The maximum absolute atomic E-state index is 15.1. The van der Waals surface area contributed by atoms with Gasteiger partial charge in [-0.3, -0.25) is 4.90 Å². The fraction of sp³-hybridized carbons (Fsp3) is 0.333. The number of fused-ring (bicyclic) bond motifs is 2. The second kappa shape index (κ2) is 8.11. The van der Waals surface area contributed by atoms with Crippen LogP contribution in [0.3, 0.4) is 0 Å². The Morgan fingerprint density at radius 1 is 1.11 bits per heavy atom. The van der Waals surface area contributed by atoms with E-state index in [9.17, 15) is 26.4 Å². The number of nitrogens with zero attached hydrogens (tertiary/aromatic N) is 3. The van der Waals surface area contributed by atoms with Crippen molar-refractivity contribution in [3.63, 3.8) is 0 Å². The minimum atomic E-state index is -4.22. The minimum absolute atomic E-state index is 0.0226. The Morgan fingerprint density at radius 2 is 1.78 bits per heavy atom. The zero-order valence-electron chi connectivity index (χ0n) is 18.7. The number of amides is 2. The number of benzene rings is 2. The van der Waals surface area contributed by atoms with E-state index in [0.717, 1.165) is 16.8 Å². The second-order valence-electron chi connectivity index (χ2n) is 8.55. The lowest BCUT2D eigenvalue weighted by atomic mass is 9.98. The molecule has 3 heterocycles. The number of carbonyl (C=O) groups is 1. The van der Waals surface area contributed by atoms with Crippen molar-refractivity contribution in [1.29, 1.82) is 0 Å². The molecule has 2 fully saturated rings. The van der Waals surface area contributed by atoms with Crippen molar-refractivity contribution in [2.24, 2.45) is 0 Å². The van der Waals surface area contributed by atoms with E-state index in [4.69, 9.17) is 4.52 Å². The number of aromatic nitrogens is 1. The largest absolute Gasteiger partial charge is 0.354 e. The molecule has 3 aromatic rings. The van der Waals surface area contributed by atoms with Gasteiger partial charge in [0.25, 0.3) is 16.1 Å². The molecule has 192 valence electrons. The van der Waals surface area contributed by atoms with Gasteiger partial charge in [-0.25, -0.2) is 31.5 Å². The molecule has 2 N–H and O–H groups in total. The molecule has 0 spiro atoms. The van der Waals surface area contributed by atoms with Crippen LogP contribution in [0.2, 0.25) is 0 Å². The zero-order chi connectivity index (χ0) is 26.2. The molecular formula is C21H18F5N5O4S. The van der Waals surface area contributed by atoms with Crippen molar-refractivity contribution in [3.05, 3.63) is 47.3 Å². The van der Waals surface area contributed by atoms with Crippen molar-refractivity contribution in [3.8, 4) is 11.1 Å². The zero-order valence-corrected chi connectivity index (χ0v) is 19.5. The van der Waals surface area contributed by atoms with Crippen molar-refractivity contribution >= 4 is 33.0 Å². The Balaban J connectivity index is 1.58. The summed E-state index contributed by atoms with van der Waals surface area (Å²) >= 11 is 0. The highest BCUT2D eigenvalue weighted by Crippen LogP contribution is 2.44. The summed E-state index contributed by atoms with van der Waals surface area (Å²) in [7, 11) is -3.17. The number of halogens is 5. The van der Waals surface area contributed by atoms with Gasteiger partial charge >= 0.3 is 6.03 Å². The van der Waals surface area contributed by atoms with Crippen molar-refractivity contribution in [2.75, 3.05) is 25.0 Å². The van der Waals surface area contributed by atoms with Crippen LogP contribution in [0.5, 0.6) is 0 Å². The fourth-order valence-electron chi connectivity index (χ4n) is 4.64. The van der Waals surface area contributed by atoms with Gasteiger partial charge in [-0.05, 0) is 18.6 Å². The average Bonchev–Trinajstić information content (AvgIpc) is 3.40. The number of nitrogens with one attached hydrogen (secondary N) is 2. The normalized spacial score (nSPS) is 21.6. The Labute approximate surface area is 201 Å². The van der Waals surface area contributed by atoms with Crippen LogP contribution in [0.1, 0.15) is 5.56 Å². The van der Waals surface area contributed by atoms with Crippen LogP contribution in [0.15, 0.2) is 28.8 Å². The lowest BCUT2D eigenvalue weighted by molar-refractivity contribution is -0.0325. The first kappa shape index (κ1) is 24.4. The lowest BCUT2D eigenvalue weighted by Crippen LogP contribution is -2.53. The van der Waals surface area contributed by atoms with Crippen molar-refractivity contribution in [1.82, 2.24) is 19.5 Å². The summed E-state index contributed by atoms with van der Waals surface area (Å²) in [6, 6.07) is -0.676. The van der Waals surface area contributed by atoms with Crippen LogP contribution >= 0.6 is 0 Å². The number of hydrogen-bond donors (Lipinski definition) is 2. The number of hydrogen-bond acceptors (Lipinski definition) is 5. The van der Waals surface area contributed by atoms with Crippen LogP contribution in [0.25, 0.3) is 22.1 Å². The van der Waals surface area contributed by atoms with Gasteiger partial charge in [-0.1, -0.05) is 11.2 Å². The molecule has 0 saturated carbocycles. The first-order valence-corrected chi connectivity index (χ1v) is 12.0. The molecular weight excluding hydrogens is 513 g/mol. The number of aryl methyl sites for hydroxylation is 1. The maximum Gasteiger partial charge on any atom is 0.326 e. The summed E-state index contributed by atoms with van der Waals surface area (Å²) in [5.74, 6) is -7.48. The Hall–Kier alpha value is -3.30. The molecule has 2 aliphatic heterocycles. The van der Waals surface area contributed by atoms with Crippen LogP contribution in [0.4, 0.5) is 32.6 Å². The van der Waals surface area contributed by atoms with Gasteiger partial charge in [0.2, 0.25) is 0 Å². The smallest absolute Gasteiger partial charge is 0.326 e. The topological polar surface area (TPSA) is 108 Å². The molecule has 15 heteroatoms. The highest BCUT2D eigenvalue weighted by atomic mass is 32.2. The van der Waals surface area contributed by atoms with Gasteiger partial charge in [0, 0.05) is 31.3 Å². The van der Waals surface area contributed by atoms with Gasteiger partial charge in [-0.2, -0.15) is 13.1 Å². The first-order valence-electron chi connectivity index (χ1n) is 10.6. The number of rotatable bonds is 5. The third-order valence-electron chi connectivity index (χ3n) is 6.30. The summed E-state index contributed by atoms with van der Waals surface area (Å²) < 4.78 is 106. The Morgan fingerprint density at radius 3 is 2.39 bits per heavy atom. The van der Waals surface area contributed by atoms with E-state index in [-0.39, 0.29) is 22.4 Å². The fourth-order valence-corrected chi connectivity index (χ4v) is 5.36. The van der Waals surface area contributed by atoms with E-state index in [1.54, 1.807) is 6.92 Å². The number of carbonyl (C=O) groups excluding carboxylic acids is 1. The van der Waals surface area contributed by atoms with Crippen molar-refractivity contribution in [2.45, 2.75) is 24.9 Å². The predicted molar refractivity (Wildman–Crippen MR) is 117 cm³/mol. The van der Waals surface area contributed by atoms with Crippen LogP contribution < -0.4 is 14.3 Å². The molecule has 2 aliphatic rings. The highest BCUT2D eigenvalue weighted by molar-refractivity contribution is 7.87. The molecule has 9 nitrogen and oxygen atoms in total. The Kier molecular flexibility index (Phi) is 5.50. The van der Waals surface area contributed by atoms with E-state index >= 15 is 8.78 Å². The lowest BCUT2D eigenvalue weighted by Gasteiger charge is -2.23. The van der Waals surface area contributed by atoms with Gasteiger partial charge < -0.3 is 9.42 Å². The van der Waals surface area contributed by atoms with Crippen LogP contribution in [-0.2, 0) is 10.2 Å². The number of alkyl halides is 2. The summed E-state index contributed by atoms with van der Waals surface area (Å²) in [6.45, 7) is 0.373. The van der Waals surface area contributed by atoms with E-state index in [1.165, 1.54) is 12.1 Å². The summed E-state index contributed by atoms with van der Waals surface area (Å²) in [4.78, 5) is 14.8. The van der Waals surface area contributed by atoms with Crippen molar-refractivity contribution < 1.29 is 39.7 Å². The second-order valence-corrected chi connectivity index (χ2v) is 10.2. The number of anilines is 1. The molecule has 36 heavy (non-hydrogen) atoms. The molecule has 5 rings (SSSR count). The minimum Gasteiger partial charge on any atom is -0.354 e. The molecule has 2 saturated heterocycles. The third-order valence-corrected chi connectivity index (χ3v) is 7.43. The third kappa shape index (κ3) is 3.69. The molecule has 1 aromatic heterocycles. The van der Waals surface area contributed by atoms with E-state index in [2.05, 4.69) is 5.16 Å². The molecule has 0 aliphatic carbocycles. The first-order chi connectivity index (χ1) is 16.8. The van der Waals surface area contributed by atoms with Crippen LogP contribution in [0, 0.1) is 24.4 Å². The average molecular weight is 531 g/mol. The summed E-state index contributed by atoms with van der Waals surface area (Å²) in [5.41, 5.74) is -0.187. The summed E-state index contributed by atoms with van der Waals surface area (Å²) in [6.07, 6.45) is 0. The molecule has 0 unspecified atom stereocenters. The van der Waals surface area contributed by atoms with E-state index in [1.807, 2.05) is 9.44 Å². The molecule has 2 amide bonds. The van der Waals surface area contributed by atoms with Gasteiger partial charge in [-0.15, -0.1) is 0 Å². The standard InChI is InChI=1S/C21H18F5N5O4S/c1-9-3-11(17-12(23)5-10(22)6-13(17)24)18-14(4-9)35-28-19(18)31-8-16-21(25,26)15(7-30(16)20(31)32)29-36(33,34)27-2/h3-6,15-16,27,29H,7-8H2,1-2H3/t15-,16-/m1/s1. The quantitative estimate of drug-likeness (QED) is 0.493. The van der Waals surface area contributed by atoms with Gasteiger partial charge in [0.15, 0.2) is 11.4 Å². The van der Waals surface area contributed by atoms with Crippen LogP contribution in [-0.4, -0.2) is 62.6 Å². The SMILES string of the molecule is CNS(=O)(=O)N[C@@H]1CN2C(=O)N(c3noc4cc(C)cc(-c5c(F)cc(F)cc5F)c34)C[C@@H]2C1(F)F. The number of urea groups is 1. The van der Waals surface area contributed by atoms with E-state index in [0.29, 0.717) is 17.7 Å².